The van der Waals surface area contributed by atoms with E-state index in [2.05, 4.69) is 21.8 Å². The number of aryl methyl sites for hydroxylation is 2. The fraction of sp³-hybridized carbons (Fsp3) is 0.357. The topological polar surface area (TPSA) is 95.1 Å². The molecule has 1 heterocycles. The van der Waals surface area contributed by atoms with E-state index in [1.54, 1.807) is 6.92 Å². The first-order chi connectivity index (χ1) is 9.97. The third kappa shape index (κ3) is 3.49. The third-order valence-corrected chi connectivity index (χ3v) is 4.88. The second kappa shape index (κ2) is 6.38. The Kier molecular flexibility index (Phi) is 4.76. The van der Waals surface area contributed by atoms with Crippen molar-refractivity contribution in [1.29, 1.82) is 0 Å². The van der Waals surface area contributed by atoms with Crippen LogP contribution in [0.3, 0.4) is 0 Å². The maximum atomic E-state index is 12.3. The van der Waals surface area contributed by atoms with Gasteiger partial charge in [0.25, 0.3) is 0 Å². The Bertz CT molecular complexity index is 706. The standard InChI is InChI=1S/C14H19N3O3S/c1-3-11-4-6-12(7-5-11)8-15-21(19,20)14-10(2)16-17-13(14)9-18/h4-7,15,18H,3,8-9H2,1-2H3,(H,16,17). The minimum atomic E-state index is -3.71. The van der Waals surface area contributed by atoms with Crippen LogP contribution in [0.15, 0.2) is 29.2 Å². The van der Waals surface area contributed by atoms with E-state index < -0.39 is 16.6 Å². The summed E-state index contributed by atoms with van der Waals surface area (Å²) in [6.45, 7) is 3.44. The largest absolute Gasteiger partial charge is 0.390 e. The molecule has 1 aromatic carbocycles. The van der Waals surface area contributed by atoms with Gasteiger partial charge in [0, 0.05) is 6.54 Å². The molecule has 0 amide bonds. The van der Waals surface area contributed by atoms with Gasteiger partial charge in [-0.15, -0.1) is 0 Å². The molecule has 6 nitrogen and oxygen atoms in total. The molecule has 0 aliphatic carbocycles. The van der Waals surface area contributed by atoms with Crippen LogP contribution in [0.5, 0.6) is 0 Å². The molecule has 1 aromatic heterocycles. The lowest BCUT2D eigenvalue weighted by Crippen LogP contribution is -2.24. The molecular formula is C14H19N3O3S. The summed E-state index contributed by atoms with van der Waals surface area (Å²) in [6, 6.07) is 7.75. The molecule has 0 aliphatic heterocycles. The zero-order chi connectivity index (χ0) is 15.5. The van der Waals surface area contributed by atoms with Crippen molar-refractivity contribution in [3.05, 3.63) is 46.8 Å². The normalized spacial score (nSPS) is 11.8. The molecular weight excluding hydrogens is 290 g/mol. The van der Waals surface area contributed by atoms with Gasteiger partial charge in [0.15, 0.2) is 0 Å². The first-order valence-electron chi connectivity index (χ1n) is 6.70. The lowest BCUT2D eigenvalue weighted by Gasteiger charge is -2.08. The van der Waals surface area contributed by atoms with Crippen molar-refractivity contribution in [2.75, 3.05) is 0 Å². The molecule has 0 fully saturated rings. The molecule has 0 radical (unpaired) electrons. The van der Waals surface area contributed by atoms with E-state index in [-0.39, 0.29) is 17.1 Å². The quantitative estimate of drug-likeness (QED) is 0.748. The number of sulfonamides is 1. The average molecular weight is 309 g/mol. The maximum absolute atomic E-state index is 12.3. The molecule has 0 aliphatic rings. The van der Waals surface area contributed by atoms with Gasteiger partial charge in [-0.25, -0.2) is 13.1 Å². The van der Waals surface area contributed by atoms with Crippen LogP contribution in [-0.2, 0) is 29.6 Å². The van der Waals surface area contributed by atoms with Crippen LogP contribution in [0.2, 0.25) is 0 Å². The Morgan fingerprint density at radius 2 is 1.86 bits per heavy atom. The highest BCUT2D eigenvalue weighted by Crippen LogP contribution is 2.17. The molecule has 0 atom stereocenters. The van der Waals surface area contributed by atoms with Gasteiger partial charge in [0.2, 0.25) is 10.0 Å². The number of aromatic nitrogens is 2. The van der Waals surface area contributed by atoms with Gasteiger partial charge < -0.3 is 5.11 Å². The molecule has 0 unspecified atom stereocenters. The SMILES string of the molecule is CCc1ccc(CNS(=O)(=O)c2c(CO)n[nH]c2C)cc1. The number of nitrogens with one attached hydrogen (secondary N) is 2. The summed E-state index contributed by atoms with van der Waals surface area (Å²) in [5.41, 5.74) is 2.62. The number of aliphatic hydroxyl groups excluding tert-OH is 1. The molecule has 7 heteroatoms. The number of aliphatic hydroxyl groups is 1. The van der Waals surface area contributed by atoms with Crippen molar-refractivity contribution >= 4 is 10.0 Å². The molecule has 0 saturated heterocycles. The van der Waals surface area contributed by atoms with Crippen molar-refractivity contribution in [3.8, 4) is 0 Å². The second-order valence-corrected chi connectivity index (χ2v) is 6.48. The van der Waals surface area contributed by atoms with Crippen LogP contribution in [-0.4, -0.2) is 23.7 Å². The number of hydrogen-bond donors (Lipinski definition) is 3. The zero-order valence-electron chi connectivity index (χ0n) is 12.0. The number of rotatable bonds is 6. The fourth-order valence-corrected chi connectivity index (χ4v) is 3.45. The number of H-pyrrole nitrogens is 1. The van der Waals surface area contributed by atoms with E-state index in [9.17, 15) is 8.42 Å². The molecule has 3 N–H and O–H groups in total. The summed E-state index contributed by atoms with van der Waals surface area (Å²) >= 11 is 0. The third-order valence-electron chi connectivity index (χ3n) is 3.28. The number of aromatic amines is 1. The van der Waals surface area contributed by atoms with E-state index in [1.807, 2.05) is 24.3 Å². The van der Waals surface area contributed by atoms with Gasteiger partial charge in [-0.05, 0) is 24.5 Å². The fourth-order valence-electron chi connectivity index (χ4n) is 2.08. The van der Waals surface area contributed by atoms with Crippen LogP contribution < -0.4 is 4.72 Å². The highest BCUT2D eigenvalue weighted by Gasteiger charge is 2.23. The molecule has 0 spiro atoms. The van der Waals surface area contributed by atoms with Crippen molar-refractivity contribution < 1.29 is 13.5 Å². The van der Waals surface area contributed by atoms with E-state index in [0.717, 1.165) is 12.0 Å². The van der Waals surface area contributed by atoms with Crippen molar-refractivity contribution in [2.24, 2.45) is 0 Å². The first kappa shape index (κ1) is 15.7. The highest BCUT2D eigenvalue weighted by molar-refractivity contribution is 7.89. The maximum Gasteiger partial charge on any atom is 0.244 e. The first-order valence-corrected chi connectivity index (χ1v) is 8.18. The highest BCUT2D eigenvalue weighted by atomic mass is 32.2. The minimum absolute atomic E-state index is 0.0233. The molecule has 0 saturated carbocycles. The van der Waals surface area contributed by atoms with Crippen molar-refractivity contribution in [3.63, 3.8) is 0 Å². The van der Waals surface area contributed by atoms with E-state index in [1.165, 1.54) is 5.56 Å². The van der Waals surface area contributed by atoms with Crippen LogP contribution in [0.4, 0.5) is 0 Å². The molecule has 2 aromatic rings. The number of hydrogen-bond acceptors (Lipinski definition) is 4. The van der Waals surface area contributed by atoms with Crippen LogP contribution in [0, 0.1) is 6.92 Å². The lowest BCUT2D eigenvalue weighted by atomic mass is 10.1. The summed E-state index contributed by atoms with van der Waals surface area (Å²) in [7, 11) is -3.71. The number of nitrogens with zero attached hydrogens (tertiary/aromatic N) is 1. The molecule has 2 rings (SSSR count). The Hall–Kier alpha value is -1.70. The van der Waals surface area contributed by atoms with Gasteiger partial charge in [-0.1, -0.05) is 31.2 Å². The smallest absolute Gasteiger partial charge is 0.244 e. The average Bonchev–Trinajstić information content (AvgIpc) is 2.87. The Morgan fingerprint density at radius 3 is 2.43 bits per heavy atom. The lowest BCUT2D eigenvalue weighted by molar-refractivity contribution is 0.273. The van der Waals surface area contributed by atoms with Gasteiger partial charge >= 0.3 is 0 Å². The monoisotopic (exact) mass is 309 g/mol. The Labute approximate surface area is 124 Å². The van der Waals surface area contributed by atoms with Gasteiger partial charge in [0.05, 0.1) is 12.3 Å². The van der Waals surface area contributed by atoms with Crippen molar-refractivity contribution in [2.45, 2.75) is 38.3 Å². The predicted octanol–water partition coefficient (Wildman–Crippen LogP) is 1.25. The second-order valence-electron chi connectivity index (χ2n) is 4.78. The predicted molar refractivity (Wildman–Crippen MR) is 79.1 cm³/mol. The van der Waals surface area contributed by atoms with Gasteiger partial charge in [-0.2, -0.15) is 5.10 Å². The summed E-state index contributed by atoms with van der Waals surface area (Å²) in [6.07, 6.45) is 0.945. The van der Waals surface area contributed by atoms with Gasteiger partial charge in [-0.3, -0.25) is 5.10 Å². The van der Waals surface area contributed by atoms with E-state index >= 15 is 0 Å². The van der Waals surface area contributed by atoms with Gasteiger partial charge in [0.1, 0.15) is 10.6 Å². The summed E-state index contributed by atoms with van der Waals surface area (Å²) in [5, 5.41) is 15.5. The minimum Gasteiger partial charge on any atom is -0.390 e. The zero-order valence-corrected chi connectivity index (χ0v) is 12.9. The van der Waals surface area contributed by atoms with Crippen LogP contribution in [0.25, 0.3) is 0 Å². The molecule has 0 bridgehead atoms. The Balaban J connectivity index is 2.15. The van der Waals surface area contributed by atoms with Crippen molar-refractivity contribution in [1.82, 2.24) is 14.9 Å². The molecule has 21 heavy (non-hydrogen) atoms. The van der Waals surface area contributed by atoms with E-state index in [0.29, 0.717) is 5.69 Å². The summed E-state index contributed by atoms with van der Waals surface area (Å²) < 4.78 is 27.1. The molecule has 114 valence electrons. The Morgan fingerprint density at radius 1 is 1.24 bits per heavy atom. The van der Waals surface area contributed by atoms with E-state index in [4.69, 9.17) is 5.11 Å². The number of benzene rings is 1. The summed E-state index contributed by atoms with van der Waals surface area (Å²) in [4.78, 5) is 0.0233. The van der Waals surface area contributed by atoms with Crippen LogP contribution >= 0.6 is 0 Å². The summed E-state index contributed by atoms with van der Waals surface area (Å²) in [5.74, 6) is 0. The van der Waals surface area contributed by atoms with Crippen LogP contribution in [0.1, 0.15) is 29.4 Å².